The van der Waals surface area contributed by atoms with E-state index in [1.165, 1.54) is 7.11 Å². The molecule has 2 heterocycles. The highest BCUT2D eigenvalue weighted by molar-refractivity contribution is 5.93. The quantitative estimate of drug-likeness (QED) is 0.333. The van der Waals surface area contributed by atoms with E-state index in [0.29, 0.717) is 19.0 Å². The number of rotatable bonds is 12. The molecule has 0 saturated carbocycles. The van der Waals surface area contributed by atoms with Crippen molar-refractivity contribution in [2.75, 3.05) is 19.5 Å². The fourth-order valence-electron chi connectivity index (χ4n) is 3.05. The second-order valence-corrected chi connectivity index (χ2v) is 7.23. The molecule has 2 aromatic heterocycles. The number of benzene rings is 1. The van der Waals surface area contributed by atoms with Crippen LogP contribution in [0.25, 0.3) is 6.08 Å². The molecule has 7 nitrogen and oxygen atoms in total. The first-order valence-corrected chi connectivity index (χ1v) is 10.6. The number of anilines is 1. The number of hydrogen-bond donors (Lipinski definition) is 1. The Labute approximate surface area is 188 Å². The number of hydrogen-bond acceptors (Lipinski definition) is 7. The molecule has 3 aromatic rings. The van der Waals surface area contributed by atoms with Gasteiger partial charge in [-0.3, -0.25) is 4.79 Å². The Morgan fingerprint density at radius 2 is 1.78 bits per heavy atom. The number of carbonyl (C=O) groups is 1. The van der Waals surface area contributed by atoms with E-state index in [0.717, 1.165) is 47.7 Å². The number of carbonyl (C=O) groups excluding carboxylic acids is 1. The highest BCUT2D eigenvalue weighted by Crippen LogP contribution is 2.14. The summed E-state index contributed by atoms with van der Waals surface area (Å²) in [5, 5.41) is 3.35. The van der Waals surface area contributed by atoms with Gasteiger partial charge in [0.1, 0.15) is 11.6 Å². The van der Waals surface area contributed by atoms with Crippen LogP contribution < -0.4 is 14.8 Å². The van der Waals surface area contributed by atoms with Gasteiger partial charge in [-0.2, -0.15) is 0 Å². The van der Waals surface area contributed by atoms with Gasteiger partial charge in [0.05, 0.1) is 14.2 Å². The average Bonchev–Trinajstić information content (AvgIpc) is 2.85. The molecule has 0 amide bonds. The van der Waals surface area contributed by atoms with E-state index in [2.05, 4.69) is 20.3 Å². The van der Waals surface area contributed by atoms with Gasteiger partial charge in [-0.05, 0) is 61.2 Å². The Bertz CT molecular complexity index is 1020. The van der Waals surface area contributed by atoms with Crippen molar-refractivity contribution < 1.29 is 14.3 Å². The zero-order valence-corrected chi connectivity index (χ0v) is 18.5. The molecule has 3 rings (SSSR count). The van der Waals surface area contributed by atoms with Gasteiger partial charge in [-0.15, -0.1) is 0 Å². The lowest BCUT2D eigenvalue weighted by Crippen LogP contribution is -2.03. The topological polar surface area (TPSA) is 86.2 Å². The first kappa shape index (κ1) is 22.9. The number of aryl methyl sites for hydroxylation is 1. The molecule has 0 aliphatic carbocycles. The van der Waals surface area contributed by atoms with E-state index >= 15 is 0 Å². The smallest absolute Gasteiger partial charge is 0.316 e. The number of unbranched alkanes of at least 4 members (excludes halogenated alkanes) is 1. The molecule has 0 fully saturated rings. The molecule has 0 aliphatic heterocycles. The van der Waals surface area contributed by atoms with Gasteiger partial charge in [-0.1, -0.05) is 18.2 Å². The summed E-state index contributed by atoms with van der Waals surface area (Å²) in [6.07, 6.45) is 9.60. The normalized spacial score (nSPS) is 10.8. The Morgan fingerprint density at radius 1 is 1.00 bits per heavy atom. The molecular formula is C25H28N4O3. The SMILES string of the molecule is COc1ccc(CNc2cccc(CCCCC(=O)C=Cc3cnc(OC)nc3)n2)cc1. The van der Waals surface area contributed by atoms with Crippen LogP contribution in [0, 0.1) is 0 Å². The highest BCUT2D eigenvalue weighted by Gasteiger charge is 2.02. The van der Waals surface area contributed by atoms with Gasteiger partial charge >= 0.3 is 6.01 Å². The number of pyridine rings is 1. The van der Waals surface area contributed by atoms with Crippen LogP contribution in [0.5, 0.6) is 11.8 Å². The van der Waals surface area contributed by atoms with Crippen LogP contribution in [0.4, 0.5) is 5.82 Å². The van der Waals surface area contributed by atoms with E-state index in [9.17, 15) is 4.79 Å². The second-order valence-electron chi connectivity index (χ2n) is 7.23. The van der Waals surface area contributed by atoms with Crippen LogP contribution in [0.2, 0.25) is 0 Å². The van der Waals surface area contributed by atoms with Crippen molar-refractivity contribution >= 4 is 17.7 Å². The molecule has 7 heteroatoms. The third kappa shape index (κ3) is 7.50. The molecule has 1 aromatic carbocycles. The van der Waals surface area contributed by atoms with Crippen molar-refractivity contribution in [3.8, 4) is 11.8 Å². The van der Waals surface area contributed by atoms with E-state index in [4.69, 9.17) is 9.47 Å². The summed E-state index contributed by atoms with van der Waals surface area (Å²) in [6, 6.07) is 14.2. The fraction of sp³-hybridized carbons (Fsp3) is 0.280. The molecule has 0 radical (unpaired) electrons. The zero-order valence-electron chi connectivity index (χ0n) is 18.5. The number of aromatic nitrogens is 3. The fourth-order valence-corrected chi connectivity index (χ4v) is 3.05. The van der Waals surface area contributed by atoms with Crippen LogP contribution in [0.3, 0.4) is 0 Å². The molecule has 1 N–H and O–H groups in total. The maximum absolute atomic E-state index is 12.1. The second kappa shape index (κ2) is 12.2. The van der Waals surface area contributed by atoms with Crippen LogP contribution in [-0.2, 0) is 17.8 Å². The number of allylic oxidation sites excluding steroid dienone is 1. The number of nitrogens with one attached hydrogen (secondary N) is 1. The lowest BCUT2D eigenvalue weighted by molar-refractivity contribution is -0.114. The van der Waals surface area contributed by atoms with Crippen molar-refractivity contribution in [3.63, 3.8) is 0 Å². The standard InChI is InChI=1S/C25H28N4O3/c1-31-23-14-11-19(12-15-23)16-26-24-9-5-7-21(29-24)6-3-4-8-22(30)13-10-20-17-27-25(32-2)28-18-20/h5,7,9-15,17-18H,3-4,6,8,16H2,1-2H3,(H,26,29). The summed E-state index contributed by atoms with van der Waals surface area (Å²) >= 11 is 0. The molecule has 0 saturated heterocycles. The maximum atomic E-state index is 12.1. The Morgan fingerprint density at radius 3 is 2.50 bits per heavy atom. The number of nitrogens with zero attached hydrogens (tertiary/aromatic N) is 3. The minimum atomic E-state index is 0.0867. The van der Waals surface area contributed by atoms with Crippen molar-refractivity contribution in [1.29, 1.82) is 0 Å². The predicted molar refractivity (Wildman–Crippen MR) is 125 cm³/mol. The first-order chi connectivity index (χ1) is 15.7. The van der Waals surface area contributed by atoms with Crippen molar-refractivity contribution in [3.05, 3.63) is 77.8 Å². The van der Waals surface area contributed by atoms with Crippen LogP contribution in [0.1, 0.15) is 36.1 Å². The van der Waals surface area contributed by atoms with Crippen LogP contribution in [-0.4, -0.2) is 35.0 Å². The molecule has 0 atom stereocenters. The summed E-state index contributed by atoms with van der Waals surface area (Å²) in [6.45, 7) is 0.695. The van der Waals surface area contributed by atoms with Gasteiger partial charge < -0.3 is 14.8 Å². The van der Waals surface area contributed by atoms with E-state index in [1.807, 2.05) is 42.5 Å². The molecule has 32 heavy (non-hydrogen) atoms. The van der Waals surface area contributed by atoms with Crippen molar-refractivity contribution in [2.24, 2.45) is 0 Å². The van der Waals surface area contributed by atoms with Gasteiger partial charge in [0.15, 0.2) is 5.78 Å². The zero-order chi connectivity index (χ0) is 22.6. The van der Waals surface area contributed by atoms with Crippen LogP contribution in [0.15, 0.2) is 60.9 Å². The first-order valence-electron chi connectivity index (χ1n) is 10.6. The van der Waals surface area contributed by atoms with Gasteiger partial charge in [0.2, 0.25) is 0 Å². The number of methoxy groups -OCH3 is 2. The third-order valence-electron chi connectivity index (χ3n) is 4.84. The van der Waals surface area contributed by atoms with Crippen LogP contribution >= 0.6 is 0 Å². The van der Waals surface area contributed by atoms with Gasteiger partial charge in [0.25, 0.3) is 0 Å². The van der Waals surface area contributed by atoms with E-state index in [1.54, 1.807) is 31.7 Å². The minimum absolute atomic E-state index is 0.0867. The summed E-state index contributed by atoms with van der Waals surface area (Å²) in [7, 11) is 3.17. The molecule has 166 valence electrons. The Kier molecular flexibility index (Phi) is 8.74. The average molecular weight is 433 g/mol. The molecule has 0 bridgehead atoms. The minimum Gasteiger partial charge on any atom is -0.497 e. The van der Waals surface area contributed by atoms with Gasteiger partial charge in [-0.25, -0.2) is 15.0 Å². The Balaban J connectivity index is 1.38. The molecule has 0 aliphatic rings. The monoisotopic (exact) mass is 432 g/mol. The number of ether oxygens (including phenoxy) is 2. The third-order valence-corrected chi connectivity index (χ3v) is 4.84. The van der Waals surface area contributed by atoms with Gasteiger partial charge in [0, 0.05) is 36.6 Å². The lowest BCUT2D eigenvalue weighted by Gasteiger charge is -2.08. The lowest BCUT2D eigenvalue weighted by atomic mass is 10.1. The van der Waals surface area contributed by atoms with Crippen molar-refractivity contribution in [1.82, 2.24) is 15.0 Å². The van der Waals surface area contributed by atoms with E-state index < -0.39 is 0 Å². The molecule has 0 spiro atoms. The summed E-state index contributed by atoms with van der Waals surface area (Å²) in [5.74, 6) is 1.78. The highest BCUT2D eigenvalue weighted by atomic mass is 16.5. The summed E-state index contributed by atoms with van der Waals surface area (Å²) in [4.78, 5) is 24.8. The summed E-state index contributed by atoms with van der Waals surface area (Å²) in [5.41, 5.74) is 2.94. The predicted octanol–water partition coefficient (Wildman–Crippen LogP) is 4.50. The maximum Gasteiger partial charge on any atom is 0.316 e. The molecular weight excluding hydrogens is 404 g/mol. The number of ketones is 1. The van der Waals surface area contributed by atoms with Crippen molar-refractivity contribution in [2.45, 2.75) is 32.2 Å². The largest absolute Gasteiger partial charge is 0.497 e. The Hall–Kier alpha value is -3.74. The summed E-state index contributed by atoms with van der Waals surface area (Å²) < 4.78 is 10.1. The van der Waals surface area contributed by atoms with E-state index in [-0.39, 0.29) is 5.78 Å². The molecule has 0 unspecified atom stereocenters.